The molecular formula is C22H27ClN2O2S. The summed E-state index contributed by atoms with van der Waals surface area (Å²) in [5, 5.41) is 3.39. The van der Waals surface area contributed by atoms with Crippen LogP contribution >= 0.6 is 23.4 Å². The van der Waals surface area contributed by atoms with Gasteiger partial charge in [0.2, 0.25) is 11.8 Å². The second-order valence-electron chi connectivity index (χ2n) is 6.48. The largest absolute Gasteiger partial charge is 0.357 e. The topological polar surface area (TPSA) is 49.4 Å². The van der Waals surface area contributed by atoms with Crippen LogP contribution in [0.1, 0.15) is 24.5 Å². The van der Waals surface area contributed by atoms with E-state index in [2.05, 4.69) is 5.32 Å². The number of carbonyl (C=O) groups excluding carboxylic acids is 2. The average Bonchev–Trinajstić information content (AvgIpc) is 2.72. The Morgan fingerprint density at radius 2 is 1.75 bits per heavy atom. The number of hydrogen-bond acceptors (Lipinski definition) is 3. The van der Waals surface area contributed by atoms with Gasteiger partial charge in [-0.2, -0.15) is 0 Å². The molecule has 0 radical (unpaired) electrons. The predicted molar refractivity (Wildman–Crippen MR) is 118 cm³/mol. The Morgan fingerprint density at radius 3 is 2.36 bits per heavy atom. The van der Waals surface area contributed by atoms with E-state index in [-0.39, 0.29) is 11.8 Å². The standard InChI is InChI=1S/C22H27ClN2O2S/c1-3-20(22(27)24-2)25(14-13-17-7-5-4-6-8-17)21(26)16-28-15-18-9-11-19(23)12-10-18/h4-12,20H,3,13-16H2,1-2H3,(H,24,27). The van der Waals surface area contributed by atoms with E-state index >= 15 is 0 Å². The first-order chi connectivity index (χ1) is 13.5. The number of halogens is 1. The van der Waals surface area contributed by atoms with E-state index in [9.17, 15) is 9.59 Å². The Labute approximate surface area is 176 Å². The van der Waals surface area contributed by atoms with Gasteiger partial charge in [-0.05, 0) is 36.1 Å². The van der Waals surface area contributed by atoms with Gasteiger partial charge in [0.05, 0.1) is 5.75 Å². The normalized spacial score (nSPS) is 11.7. The summed E-state index contributed by atoms with van der Waals surface area (Å²) in [5.74, 6) is 0.939. The lowest BCUT2D eigenvalue weighted by Gasteiger charge is -2.30. The lowest BCUT2D eigenvalue weighted by Crippen LogP contribution is -2.50. The number of amides is 2. The SMILES string of the molecule is CCC(C(=O)NC)N(CCc1ccccc1)C(=O)CSCc1ccc(Cl)cc1. The van der Waals surface area contributed by atoms with Gasteiger partial charge >= 0.3 is 0 Å². The van der Waals surface area contributed by atoms with Crippen LogP contribution in [0.3, 0.4) is 0 Å². The third kappa shape index (κ3) is 6.88. The average molecular weight is 419 g/mol. The van der Waals surface area contributed by atoms with Crippen LogP contribution in [0, 0.1) is 0 Å². The first-order valence-electron chi connectivity index (χ1n) is 9.42. The molecule has 0 aliphatic rings. The van der Waals surface area contributed by atoms with Crippen molar-refractivity contribution < 1.29 is 9.59 Å². The zero-order valence-electron chi connectivity index (χ0n) is 16.4. The van der Waals surface area contributed by atoms with Crippen LogP contribution in [0.2, 0.25) is 5.02 Å². The van der Waals surface area contributed by atoms with Crippen molar-refractivity contribution in [1.29, 1.82) is 0 Å². The summed E-state index contributed by atoms with van der Waals surface area (Å²) in [7, 11) is 1.61. The molecule has 2 aromatic carbocycles. The van der Waals surface area contributed by atoms with E-state index in [0.29, 0.717) is 23.7 Å². The fraction of sp³-hybridized carbons (Fsp3) is 0.364. The van der Waals surface area contributed by atoms with Gasteiger partial charge in [0.25, 0.3) is 0 Å². The number of rotatable bonds is 10. The molecule has 1 unspecified atom stereocenters. The number of carbonyl (C=O) groups is 2. The number of likely N-dealkylation sites (N-methyl/N-ethyl adjacent to an activating group) is 1. The number of nitrogens with zero attached hydrogens (tertiary/aromatic N) is 1. The molecule has 0 aliphatic heterocycles. The number of benzene rings is 2. The maximum Gasteiger partial charge on any atom is 0.242 e. The Hall–Kier alpha value is -1.98. The summed E-state index contributed by atoms with van der Waals surface area (Å²) < 4.78 is 0. The summed E-state index contributed by atoms with van der Waals surface area (Å²) in [4.78, 5) is 27.0. The van der Waals surface area contributed by atoms with Crippen molar-refractivity contribution in [2.45, 2.75) is 31.6 Å². The van der Waals surface area contributed by atoms with E-state index < -0.39 is 6.04 Å². The molecule has 1 atom stereocenters. The third-order valence-electron chi connectivity index (χ3n) is 4.52. The van der Waals surface area contributed by atoms with Crippen molar-refractivity contribution in [2.75, 3.05) is 19.3 Å². The molecule has 0 saturated heterocycles. The highest BCUT2D eigenvalue weighted by Crippen LogP contribution is 2.17. The van der Waals surface area contributed by atoms with Crippen molar-refractivity contribution >= 4 is 35.2 Å². The first kappa shape index (κ1) is 22.3. The Balaban J connectivity index is 2.00. The van der Waals surface area contributed by atoms with E-state index in [1.165, 1.54) is 0 Å². The molecular weight excluding hydrogens is 392 g/mol. The number of hydrogen-bond donors (Lipinski definition) is 1. The van der Waals surface area contributed by atoms with Crippen molar-refractivity contribution in [3.8, 4) is 0 Å². The van der Waals surface area contributed by atoms with Crippen LogP contribution in [-0.2, 0) is 21.8 Å². The fourth-order valence-electron chi connectivity index (χ4n) is 2.98. The highest BCUT2D eigenvalue weighted by atomic mass is 35.5. The highest BCUT2D eigenvalue weighted by molar-refractivity contribution is 7.99. The molecule has 2 aromatic rings. The quantitative estimate of drug-likeness (QED) is 0.630. The van der Waals surface area contributed by atoms with Crippen molar-refractivity contribution in [3.63, 3.8) is 0 Å². The third-order valence-corrected chi connectivity index (χ3v) is 5.76. The van der Waals surface area contributed by atoms with Gasteiger partial charge < -0.3 is 10.2 Å². The van der Waals surface area contributed by atoms with Crippen LogP contribution in [0.5, 0.6) is 0 Å². The number of thioether (sulfide) groups is 1. The first-order valence-corrected chi connectivity index (χ1v) is 11.0. The molecule has 0 aromatic heterocycles. The monoisotopic (exact) mass is 418 g/mol. The molecule has 1 N–H and O–H groups in total. The molecule has 2 amide bonds. The summed E-state index contributed by atoms with van der Waals surface area (Å²) in [5.41, 5.74) is 2.28. The lowest BCUT2D eigenvalue weighted by atomic mass is 10.1. The molecule has 150 valence electrons. The Bertz CT molecular complexity index is 753. The van der Waals surface area contributed by atoms with E-state index in [1.807, 2.05) is 61.5 Å². The maximum absolute atomic E-state index is 12.9. The Morgan fingerprint density at radius 1 is 1.07 bits per heavy atom. The van der Waals surface area contributed by atoms with Crippen LogP contribution in [0.25, 0.3) is 0 Å². The summed E-state index contributed by atoms with van der Waals surface area (Å²) in [6.07, 6.45) is 1.31. The van der Waals surface area contributed by atoms with Crippen LogP contribution in [-0.4, -0.2) is 42.1 Å². The lowest BCUT2D eigenvalue weighted by molar-refractivity contribution is -0.138. The summed E-state index contributed by atoms with van der Waals surface area (Å²) >= 11 is 7.46. The molecule has 6 heteroatoms. The zero-order chi connectivity index (χ0) is 20.4. The van der Waals surface area contributed by atoms with Crippen molar-refractivity contribution in [1.82, 2.24) is 10.2 Å². The van der Waals surface area contributed by atoms with E-state index in [0.717, 1.165) is 23.3 Å². The minimum Gasteiger partial charge on any atom is -0.357 e. The second kappa shape index (κ2) is 11.8. The fourth-order valence-corrected chi connectivity index (χ4v) is 3.98. The minimum atomic E-state index is -0.447. The van der Waals surface area contributed by atoms with Crippen LogP contribution < -0.4 is 5.32 Å². The molecule has 4 nitrogen and oxygen atoms in total. The van der Waals surface area contributed by atoms with Crippen LogP contribution in [0.15, 0.2) is 54.6 Å². The molecule has 0 aliphatic carbocycles. The molecule has 0 saturated carbocycles. The van der Waals surface area contributed by atoms with Gasteiger partial charge in [-0.15, -0.1) is 11.8 Å². The molecule has 0 heterocycles. The van der Waals surface area contributed by atoms with Gasteiger partial charge in [-0.25, -0.2) is 0 Å². The molecule has 28 heavy (non-hydrogen) atoms. The van der Waals surface area contributed by atoms with Crippen molar-refractivity contribution in [2.24, 2.45) is 0 Å². The van der Waals surface area contributed by atoms with E-state index in [4.69, 9.17) is 11.6 Å². The molecule has 0 spiro atoms. The summed E-state index contributed by atoms with van der Waals surface area (Å²) in [6, 6.07) is 17.2. The molecule has 0 bridgehead atoms. The van der Waals surface area contributed by atoms with Gasteiger partial charge in [-0.1, -0.05) is 61.0 Å². The van der Waals surface area contributed by atoms with Gasteiger partial charge in [0.1, 0.15) is 6.04 Å². The summed E-state index contributed by atoms with van der Waals surface area (Å²) in [6.45, 7) is 2.46. The van der Waals surface area contributed by atoms with Gasteiger partial charge in [0, 0.05) is 24.4 Å². The molecule has 0 fully saturated rings. The number of nitrogens with one attached hydrogen (secondary N) is 1. The van der Waals surface area contributed by atoms with Crippen molar-refractivity contribution in [3.05, 3.63) is 70.7 Å². The smallest absolute Gasteiger partial charge is 0.242 e. The van der Waals surface area contributed by atoms with Crippen LogP contribution in [0.4, 0.5) is 0 Å². The molecule has 2 rings (SSSR count). The minimum absolute atomic E-state index is 0.00894. The van der Waals surface area contributed by atoms with Gasteiger partial charge in [0.15, 0.2) is 0 Å². The van der Waals surface area contributed by atoms with E-state index in [1.54, 1.807) is 23.7 Å². The Kier molecular flexibility index (Phi) is 9.38. The second-order valence-corrected chi connectivity index (χ2v) is 7.90. The zero-order valence-corrected chi connectivity index (χ0v) is 17.9. The predicted octanol–water partition coefficient (Wildman–Crippen LogP) is 4.17. The van der Waals surface area contributed by atoms with Gasteiger partial charge in [-0.3, -0.25) is 9.59 Å². The highest BCUT2D eigenvalue weighted by Gasteiger charge is 2.27. The maximum atomic E-state index is 12.9.